The molecule has 1 aliphatic rings. The Balaban J connectivity index is 1.90. The predicted molar refractivity (Wildman–Crippen MR) is 84.4 cm³/mol. The normalized spacial score (nSPS) is 12.9. The van der Waals surface area contributed by atoms with Crippen LogP contribution in [0.25, 0.3) is 0 Å². The summed E-state index contributed by atoms with van der Waals surface area (Å²) in [6, 6.07) is 11.0. The van der Waals surface area contributed by atoms with Crippen molar-refractivity contribution in [2.24, 2.45) is 0 Å². The molecule has 0 bridgehead atoms. The second-order valence-corrected chi connectivity index (χ2v) is 5.35. The van der Waals surface area contributed by atoms with Crippen LogP contribution in [0.5, 0.6) is 5.75 Å². The van der Waals surface area contributed by atoms with Gasteiger partial charge in [0.2, 0.25) is 0 Å². The van der Waals surface area contributed by atoms with Gasteiger partial charge in [0.1, 0.15) is 0 Å². The molecule has 0 aliphatic carbocycles. The highest BCUT2D eigenvalue weighted by molar-refractivity contribution is 6.06. The van der Waals surface area contributed by atoms with Gasteiger partial charge in [0.05, 0.1) is 11.4 Å². The summed E-state index contributed by atoms with van der Waals surface area (Å²) in [5, 5.41) is 5.59. The number of ether oxygens (including phenoxy) is 1. The van der Waals surface area contributed by atoms with Crippen LogP contribution in [0.1, 0.15) is 21.5 Å². The minimum atomic E-state index is -0.215. The van der Waals surface area contributed by atoms with Crippen LogP contribution in [-0.4, -0.2) is 18.4 Å². The third-order valence-corrected chi connectivity index (χ3v) is 3.42. The highest BCUT2D eigenvalue weighted by Crippen LogP contribution is 2.37. The Morgan fingerprint density at radius 1 is 1.14 bits per heavy atom. The summed E-state index contributed by atoms with van der Waals surface area (Å²) in [4.78, 5) is 23.7. The van der Waals surface area contributed by atoms with E-state index in [0.717, 1.165) is 11.1 Å². The number of rotatable bonds is 2. The first kappa shape index (κ1) is 14.1. The van der Waals surface area contributed by atoms with Crippen LogP contribution in [-0.2, 0) is 4.79 Å². The van der Waals surface area contributed by atoms with E-state index >= 15 is 0 Å². The minimum absolute atomic E-state index is 0.0521. The summed E-state index contributed by atoms with van der Waals surface area (Å²) >= 11 is 0. The van der Waals surface area contributed by atoms with Gasteiger partial charge in [-0.15, -0.1) is 0 Å². The van der Waals surface area contributed by atoms with Gasteiger partial charge >= 0.3 is 0 Å². The van der Waals surface area contributed by atoms with Crippen LogP contribution >= 0.6 is 0 Å². The van der Waals surface area contributed by atoms with Gasteiger partial charge < -0.3 is 15.4 Å². The molecule has 0 radical (unpaired) electrons. The highest BCUT2D eigenvalue weighted by atomic mass is 16.5. The molecule has 3 rings (SSSR count). The zero-order valence-corrected chi connectivity index (χ0v) is 12.4. The molecule has 2 N–H and O–H groups in total. The van der Waals surface area contributed by atoms with Gasteiger partial charge in [-0.3, -0.25) is 9.59 Å². The molecule has 0 spiro atoms. The van der Waals surface area contributed by atoms with E-state index in [4.69, 9.17) is 4.74 Å². The van der Waals surface area contributed by atoms with E-state index in [-0.39, 0.29) is 18.4 Å². The first-order valence-electron chi connectivity index (χ1n) is 6.98. The number of carbonyl (C=O) groups excluding carboxylic acids is 2. The number of aryl methyl sites for hydroxylation is 2. The Bertz CT molecular complexity index is 751. The standard InChI is InChI=1S/C17H16N2O3/c1-10-3-5-12(6-4-10)17(21)19-14-8-11(2)7-13-16(14)22-9-15(20)18-13/h3-8H,9H2,1-2H3,(H,18,20)(H,19,21). The molecule has 0 fully saturated rings. The van der Waals surface area contributed by atoms with Gasteiger partial charge in [-0.25, -0.2) is 0 Å². The van der Waals surface area contributed by atoms with Crippen molar-refractivity contribution in [1.29, 1.82) is 0 Å². The zero-order chi connectivity index (χ0) is 15.7. The minimum Gasteiger partial charge on any atom is -0.479 e. The average Bonchev–Trinajstić information content (AvgIpc) is 2.47. The molecule has 0 aromatic heterocycles. The molecule has 1 aliphatic heterocycles. The van der Waals surface area contributed by atoms with E-state index in [1.807, 2.05) is 38.1 Å². The summed E-state index contributed by atoms with van der Waals surface area (Å²) in [5.74, 6) is 0.0767. The lowest BCUT2D eigenvalue weighted by molar-refractivity contribution is -0.118. The van der Waals surface area contributed by atoms with Gasteiger partial charge in [-0.2, -0.15) is 0 Å². The quantitative estimate of drug-likeness (QED) is 0.895. The highest BCUT2D eigenvalue weighted by Gasteiger charge is 2.21. The number of hydrogen-bond donors (Lipinski definition) is 2. The molecule has 0 atom stereocenters. The van der Waals surface area contributed by atoms with Gasteiger partial charge in [0.15, 0.2) is 12.4 Å². The lowest BCUT2D eigenvalue weighted by atomic mass is 10.1. The molecule has 0 saturated heterocycles. The van der Waals surface area contributed by atoms with Crippen LogP contribution in [0.4, 0.5) is 11.4 Å². The summed E-state index contributed by atoms with van der Waals surface area (Å²) in [6.07, 6.45) is 0. The molecule has 1 heterocycles. The lowest BCUT2D eigenvalue weighted by Gasteiger charge is -2.21. The smallest absolute Gasteiger partial charge is 0.262 e. The average molecular weight is 296 g/mol. The Morgan fingerprint density at radius 2 is 1.86 bits per heavy atom. The fourth-order valence-corrected chi connectivity index (χ4v) is 2.34. The van der Waals surface area contributed by atoms with E-state index in [1.165, 1.54) is 0 Å². The molecule has 2 amide bonds. The molecular formula is C17H16N2O3. The second kappa shape index (κ2) is 5.52. The number of anilines is 2. The number of carbonyl (C=O) groups is 2. The summed E-state index contributed by atoms with van der Waals surface area (Å²) in [5.41, 5.74) is 3.72. The molecule has 2 aromatic rings. The monoisotopic (exact) mass is 296 g/mol. The molecular weight excluding hydrogens is 280 g/mol. The third-order valence-electron chi connectivity index (χ3n) is 3.42. The fourth-order valence-electron chi connectivity index (χ4n) is 2.34. The third kappa shape index (κ3) is 2.79. The van der Waals surface area contributed by atoms with E-state index in [1.54, 1.807) is 12.1 Å². The van der Waals surface area contributed by atoms with Crippen LogP contribution in [0, 0.1) is 13.8 Å². The predicted octanol–water partition coefficient (Wildman–Crippen LogP) is 2.89. The van der Waals surface area contributed by atoms with Crippen molar-refractivity contribution in [1.82, 2.24) is 0 Å². The Morgan fingerprint density at radius 3 is 2.59 bits per heavy atom. The van der Waals surface area contributed by atoms with Crippen molar-refractivity contribution in [3.8, 4) is 5.75 Å². The molecule has 0 unspecified atom stereocenters. The molecule has 112 valence electrons. The van der Waals surface area contributed by atoms with E-state index in [2.05, 4.69) is 10.6 Å². The van der Waals surface area contributed by atoms with Crippen molar-refractivity contribution < 1.29 is 14.3 Å². The largest absolute Gasteiger partial charge is 0.479 e. The van der Waals surface area contributed by atoms with Gasteiger partial charge in [-0.1, -0.05) is 17.7 Å². The topological polar surface area (TPSA) is 67.4 Å². The maximum Gasteiger partial charge on any atom is 0.262 e. The van der Waals surface area contributed by atoms with E-state index in [0.29, 0.717) is 22.7 Å². The Kier molecular flexibility index (Phi) is 3.55. The van der Waals surface area contributed by atoms with E-state index < -0.39 is 0 Å². The number of benzene rings is 2. The van der Waals surface area contributed by atoms with Crippen molar-refractivity contribution in [3.63, 3.8) is 0 Å². The van der Waals surface area contributed by atoms with Crippen LogP contribution in [0.3, 0.4) is 0 Å². The number of fused-ring (bicyclic) bond motifs is 1. The Labute approximate surface area is 128 Å². The molecule has 22 heavy (non-hydrogen) atoms. The molecule has 2 aromatic carbocycles. The van der Waals surface area contributed by atoms with Gasteiger partial charge in [0.25, 0.3) is 11.8 Å². The number of nitrogens with one attached hydrogen (secondary N) is 2. The molecule has 5 nitrogen and oxygen atoms in total. The fraction of sp³-hybridized carbons (Fsp3) is 0.176. The zero-order valence-electron chi connectivity index (χ0n) is 12.4. The number of hydrogen-bond acceptors (Lipinski definition) is 3. The van der Waals surface area contributed by atoms with Crippen molar-refractivity contribution in [3.05, 3.63) is 53.1 Å². The van der Waals surface area contributed by atoms with Crippen LogP contribution in [0.15, 0.2) is 36.4 Å². The summed E-state index contributed by atoms with van der Waals surface area (Å²) in [6.45, 7) is 3.81. The SMILES string of the molecule is Cc1ccc(C(=O)Nc2cc(C)cc3c2OCC(=O)N3)cc1. The summed E-state index contributed by atoms with van der Waals surface area (Å²) in [7, 11) is 0. The first-order valence-corrected chi connectivity index (χ1v) is 6.98. The van der Waals surface area contributed by atoms with E-state index in [9.17, 15) is 9.59 Å². The second-order valence-electron chi connectivity index (χ2n) is 5.35. The Hall–Kier alpha value is -2.82. The maximum absolute atomic E-state index is 12.3. The number of amides is 2. The molecule has 0 saturated carbocycles. The maximum atomic E-state index is 12.3. The van der Waals surface area contributed by atoms with Crippen LogP contribution in [0.2, 0.25) is 0 Å². The van der Waals surface area contributed by atoms with Gasteiger partial charge in [-0.05, 0) is 43.7 Å². The lowest BCUT2D eigenvalue weighted by Crippen LogP contribution is -2.26. The first-order chi connectivity index (χ1) is 10.5. The van der Waals surface area contributed by atoms with Crippen molar-refractivity contribution >= 4 is 23.2 Å². The molecule has 5 heteroatoms. The van der Waals surface area contributed by atoms with Gasteiger partial charge in [0, 0.05) is 5.56 Å². The van der Waals surface area contributed by atoms with Crippen LogP contribution < -0.4 is 15.4 Å². The van der Waals surface area contributed by atoms with Crippen molar-refractivity contribution in [2.75, 3.05) is 17.2 Å². The van der Waals surface area contributed by atoms with Crippen molar-refractivity contribution in [2.45, 2.75) is 13.8 Å². The summed E-state index contributed by atoms with van der Waals surface area (Å²) < 4.78 is 5.45.